The first kappa shape index (κ1) is 25.2. The van der Waals surface area contributed by atoms with Crippen LogP contribution in [0.15, 0.2) is 24.3 Å². The SMILES string of the molecule is CC1CN(Cc2ccc(OC(F)(F)F)cc2)C(=O)C(C(=O)NCC(=O)OC(C)(C)C)C1=O. The Labute approximate surface area is 183 Å². The lowest BCUT2D eigenvalue weighted by Crippen LogP contribution is -2.55. The Kier molecular flexibility index (Phi) is 7.53. The minimum absolute atomic E-state index is 0.0153. The first-order chi connectivity index (χ1) is 14.7. The van der Waals surface area contributed by atoms with Crippen LogP contribution < -0.4 is 10.1 Å². The number of amides is 2. The molecule has 32 heavy (non-hydrogen) atoms. The third-order valence-electron chi connectivity index (χ3n) is 4.44. The third-order valence-corrected chi connectivity index (χ3v) is 4.44. The number of piperidine rings is 1. The van der Waals surface area contributed by atoms with Gasteiger partial charge in [0.2, 0.25) is 11.8 Å². The van der Waals surface area contributed by atoms with Crippen LogP contribution in [0.2, 0.25) is 0 Å². The van der Waals surface area contributed by atoms with E-state index in [4.69, 9.17) is 4.74 Å². The summed E-state index contributed by atoms with van der Waals surface area (Å²) in [6.45, 7) is 6.07. The maximum Gasteiger partial charge on any atom is 0.573 e. The van der Waals surface area contributed by atoms with Crippen LogP contribution in [-0.4, -0.2) is 53.5 Å². The van der Waals surface area contributed by atoms with Gasteiger partial charge in [0, 0.05) is 19.0 Å². The second-order valence-electron chi connectivity index (χ2n) is 8.45. The number of nitrogens with one attached hydrogen (secondary N) is 1. The molecule has 0 saturated carbocycles. The maximum absolute atomic E-state index is 12.8. The quantitative estimate of drug-likeness (QED) is 0.518. The molecule has 1 aromatic carbocycles. The van der Waals surface area contributed by atoms with Gasteiger partial charge in [-0.25, -0.2) is 0 Å². The Hall–Kier alpha value is -3.11. The van der Waals surface area contributed by atoms with Crippen LogP contribution in [-0.2, 0) is 30.5 Å². The van der Waals surface area contributed by atoms with Crippen molar-refractivity contribution in [1.29, 1.82) is 0 Å². The number of halogens is 3. The lowest BCUT2D eigenvalue weighted by Gasteiger charge is -2.34. The predicted octanol–water partition coefficient (Wildman–Crippen LogP) is 2.21. The van der Waals surface area contributed by atoms with Gasteiger partial charge in [0.15, 0.2) is 11.7 Å². The number of rotatable bonds is 6. The summed E-state index contributed by atoms with van der Waals surface area (Å²) in [5.74, 6) is -5.60. The van der Waals surface area contributed by atoms with Gasteiger partial charge in [-0.2, -0.15) is 0 Å². The normalized spacial score (nSPS) is 19.5. The van der Waals surface area contributed by atoms with E-state index in [1.165, 1.54) is 17.0 Å². The summed E-state index contributed by atoms with van der Waals surface area (Å²) in [7, 11) is 0. The molecule has 1 fully saturated rings. The highest BCUT2D eigenvalue weighted by Gasteiger charge is 2.44. The lowest BCUT2D eigenvalue weighted by molar-refractivity contribution is -0.274. The molecule has 1 N–H and O–H groups in total. The number of ether oxygens (including phenoxy) is 2. The fraction of sp³-hybridized carbons (Fsp3) is 0.524. The summed E-state index contributed by atoms with van der Waals surface area (Å²) in [4.78, 5) is 50.9. The molecule has 0 bridgehead atoms. The topological polar surface area (TPSA) is 102 Å². The van der Waals surface area contributed by atoms with Gasteiger partial charge in [-0.3, -0.25) is 19.2 Å². The number of likely N-dealkylation sites (tertiary alicyclic amines) is 1. The highest BCUT2D eigenvalue weighted by molar-refractivity contribution is 6.20. The molecule has 2 atom stereocenters. The molecular formula is C21H25F3N2O6. The Morgan fingerprint density at radius 2 is 1.72 bits per heavy atom. The van der Waals surface area contributed by atoms with E-state index in [-0.39, 0.29) is 13.1 Å². The molecule has 1 aliphatic rings. The number of esters is 1. The number of benzene rings is 1. The number of Topliss-reactive ketones (excluding diaryl/α,β-unsaturated/α-hetero) is 1. The number of nitrogens with zero attached hydrogens (tertiary/aromatic N) is 1. The van der Waals surface area contributed by atoms with Crippen molar-refractivity contribution in [3.63, 3.8) is 0 Å². The van der Waals surface area contributed by atoms with E-state index in [1.807, 2.05) is 0 Å². The number of hydrogen-bond donors (Lipinski definition) is 1. The van der Waals surface area contributed by atoms with Crippen LogP contribution in [0.4, 0.5) is 13.2 Å². The third kappa shape index (κ3) is 7.24. The lowest BCUT2D eigenvalue weighted by atomic mass is 9.87. The van der Waals surface area contributed by atoms with Crippen LogP contribution >= 0.6 is 0 Å². The molecule has 0 radical (unpaired) electrons. The average molecular weight is 458 g/mol. The van der Waals surface area contributed by atoms with Gasteiger partial charge < -0.3 is 19.7 Å². The molecule has 2 amide bonds. The monoisotopic (exact) mass is 458 g/mol. The van der Waals surface area contributed by atoms with E-state index in [1.54, 1.807) is 27.7 Å². The van der Waals surface area contributed by atoms with Gasteiger partial charge in [-0.1, -0.05) is 19.1 Å². The Balaban J connectivity index is 2.05. The summed E-state index contributed by atoms with van der Waals surface area (Å²) >= 11 is 0. The molecule has 1 heterocycles. The zero-order valence-corrected chi connectivity index (χ0v) is 18.1. The molecule has 0 aliphatic carbocycles. The van der Waals surface area contributed by atoms with Crippen molar-refractivity contribution in [1.82, 2.24) is 10.2 Å². The van der Waals surface area contributed by atoms with Crippen LogP contribution in [0.3, 0.4) is 0 Å². The first-order valence-corrected chi connectivity index (χ1v) is 9.83. The predicted molar refractivity (Wildman–Crippen MR) is 105 cm³/mol. The fourth-order valence-electron chi connectivity index (χ4n) is 3.14. The van der Waals surface area contributed by atoms with Crippen LogP contribution in [0.25, 0.3) is 0 Å². The van der Waals surface area contributed by atoms with Crippen LogP contribution in [0.1, 0.15) is 33.3 Å². The van der Waals surface area contributed by atoms with E-state index < -0.39 is 59.7 Å². The smallest absolute Gasteiger partial charge is 0.459 e. The van der Waals surface area contributed by atoms with Gasteiger partial charge in [-0.15, -0.1) is 13.2 Å². The Morgan fingerprint density at radius 3 is 2.25 bits per heavy atom. The van der Waals surface area contributed by atoms with E-state index in [9.17, 15) is 32.3 Å². The molecule has 1 saturated heterocycles. The standard InChI is InChI=1S/C21H25F3N2O6/c1-12-10-26(11-13-5-7-14(8-6-13)31-21(22,23)24)19(30)16(17(12)28)18(29)25-9-15(27)32-20(2,3)4/h5-8,12,16H,9-11H2,1-4H3,(H,25,29). The Morgan fingerprint density at radius 1 is 1.12 bits per heavy atom. The van der Waals surface area contributed by atoms with Crippen molar-refractivity contribution in [3.8, 4) is 5.75 Å². The fourth-order valence-corrected chi connectivity index (χ4v) is 3.14. The molecule has 176 valence electrons. The summed E-state index contributed by atoms with van der Waals surface area (Å²) < 4.78 is 45.7. The number of alkyl halides is 3. The number of ketones is 1. The molecule has 0 aromatic heterocycles. The molecule has 8 nitrogen and oxygen atoms in total. The summed E-state index contributed by atoms with van der Waals surface area (Å²) in [5.41, 5.74) is -0.271. The van der Waals surface area contributed by atoms with E-state index in [0.29, 0.717) is 5.56 Å². The highest BCUT2D eigenvalue weighted by atomic mass is 19.4. The number of carbonyl (C=O) groups excluding carboxylic acids is 4. The van der Waals surface area contributed by atoms with Crippen molar-refractivity contribution in [2.75, 3.05) is 13.1 Å². The van der Waals surface area contributed by atoms with Gasteiger partial charge in [0.1, 0.15) is 17.9 Å². The molecule has 0 spiro atoms. The molecule has 2 unspecified atom stereocenters. The maximum atomic E-state index is 12.8. The molecule has 11 heteroatoms. The van der Waals surface area contributed by atoms with Crippen LogP contribution in [0.5, 0.6) is 5.75 Å². The summed E-state index contributed by atoms with van der Waals surface area (Å²) in [5, 5.41) is 2.26. The van der Waals surface area contributed by atoms with Gasteiger partial charge in [0.25, 0.3) is 0 Å². The minimum Gasteiger partial charge on any atom is -0.459 e. The Bertz CT molecular complexity index is 877. The second kappa shape index (κ2) is 9.58. The van der Waals surface area contributed by atoms with Crippen molar-refractivity contribution >= 4 is 23.6 Å². The summed E-state index contributed by atoms with van der Waals surface area (Å²) in [6.07, 6.45) is -4.82. The van der Waals surface area contributed by atoms with E-state index in [2.05, 4.69) is 10.1 Å². The highest BCUT2D eigenvalue weighted by Crippen LogP contribution is 2.25. The van der Waals surface area contributed by atoms with Gasteiger partial charge >= 0.3 is 12.3 Å². The number of hydrogen-bond acceptors (Lipinski definition) is 6. The second-order valence-corrected chi connectivity index (χ2v) is 8.45. The van der Waals surface area contributed by atoms with Crippen LogP contribution in [0, 0.1) is 11.8 Å². The molecule has 1 aromatic rings. The van der Waals surface area contributed by atoms with E-state index in [0.717, 1.165) is 12.1 Å². The van der Waals surface area contributed by atoms with Gasteiger partial charge in [-0.05, 0) is 38.5 Å². The zero-order valence-electron chi connectivity index (χ0n) is 18.1. The zero-order chi connectivity index (χ0) is 24.3. The van der Waals surface area contributed by atoms with E-state index >= 15 is 0 Å². The summed E-state index contributed by atoms with van der Waals surface area (Å²) in [6, 6.07) is 4.92. The number of carbonyl (C=O) groups is 4. The molecule has 2 rings (SSSR count). The van der Waals surface area contributed by atoms with Crippen molar-refractivity contribution in [2.24, 2.45) is 11.8 Å². The minimum atomic E-state index is -4.82. The molecule has 1 aliphatic heterocycles. The van der Waals surface area contributed by atoms with Crippen molar-refractivity contribution < 1.29 is 41.8 Å². The van der Waals surface area contributed by atoms with Gasteiger partial charge in [0.05, 0.1) is 0 Å². The van der Waals surface area contributed by atoms with Crippen molar-refractivity contribution in [3.05, 3.63) is 29.8 Å². The molecular weight excluding hydrogens is 433 g/mol. The largest absolute Gasteiger partial charge is 0.573 e. The van der Waals surface area contributed by atoms with Crippen molar-refractivity contribution in [2.45, 2.75) is 46.2 Å². The first-order valence-electron chi connectivity index (χ1n) is 9.83. The average Bonchev–Trinajstić information content (AvgIpc) is 2.63.